The van der Waals surface area contributed by atoms with Crippen molar-refractivity contribution in [3.8, 4) is 0 Å². The van der Waals surface area contributed by atoms with Crippen LogP contribution in [0, 0.1) is 5.92 Å². The minimum Gasteiger partial charge on any atom is -0.460 e. The molecule has 9 heteroatoms. The standard InChI is InChI=1S/C18H27N3O5S/c1-12(2)11-27(24,25)17-19-10-13-14(20-17)6-8-21(16(13)23)9-7-15(22)26-18(3,4)5/h10,12H,6-9,11H2,1-5H3. The smallest absolute Gasteiger partial charge is 0.308 e. The van der Waals surface area contributed by atoms with Crippen molar-refractivity contribution in [1.29, 1.82) is 0 Å². The zero-order valence-corrected chi connectivity index (χ0v) is 17.3. The Morgan fingerprint density at radius 3 is 2.59 bits per heavy atom. The Bertz CT molecular complexity index is 828. The summed E-state index contributed by atoms with van der Waals surface area (Å²) in [6, 6.07) is 0. The van der Waals surface area contributed by atoms with Crippen LogP contribution >= 0.6 is 0 Å². The molecule has 0 saturated heterocycles. The normalized spacial score (nSPS) is 15.0. The molecule has 0 aliphatic carbocycles. The van der Waals surface area contributed by atoms with Crippen LogP contribution in [0.2, 0.25) is 0 Å². The molecule has 1 aromatic rings. The Morgan fingerprint density at radius 2 is 2.00 bits per heavy atom. The Morgan fingerprint density at radius 1 is 1.33 bits per heavy atom. The number of fused-ring (bicyclic) bond motifs is 1. The first kappa shape index (κ1) is 21.3. The van der Waals surface area contributed by atoms with Crippen molar-refractivity contribution in [2.75, 3.05) is 18.8 Å². The quantitative estimate of drug-likeness (QED) is 0.530. The summed E-state index contributed by atoms with van der Waals surface area (Å²) in [6.07, 6.45) is 1.79. The van der Waals surface area contributed by atoms with E-state index in [0.29, 0.717) is 18.7 Å². The molecule has 1 amide bonds. The van der Waals surface area contributed by atoms with Crippen molar-refractivity contribution in [2.45, 2.75) is 58.2 Å². The third kappa shape index (κ3) is 5.72. The molecule has 27 heavy (non-hydrogen) atoms. The van der Waals surface area contributed by atoms with Gasteiger partial charge in [-0.1, -0.05) is 13.8 Å². The van der Waals surface area contributed by atoms with E-state index in [-0.39, 0.29) is 47.2 Å². The molecule has 0 spiro atoms. The van der Waals surface area contributed by atoms with Gasteiger partial charge in [0.1, 0.15) is 5.60 Å². The molecule has 0 bridgehead atoms. The first-order valence-electron chi connectivity index (χ1n) is 8.99. The minimum atomic E-state index is -3.57. The zero-order chi connectivity index (χ0) is 20.4. The minimum absolute atomic E-state index is 0.0399. The second kappa shape index (κ2) is 7.92. The van der Waals surface area contributed by atoms with Crippen molar-refractivity contribution in [2.24, 2.45) is 5.92 Å². The molecule has 8 nitrogen and oxygen atoms in total. The maximum atomic E-state index is 12.6. The molecule has 0 radical (unpaired) electrons. The Hall–Kier alpha value is -2.03. The number of hydrogen-bond acceptors (Lipinski definition) is 7. The molecule has 0 aromatic carbocycles. The number of hydrogen-bond donors (Lipinski definition) is 0. The van der Waals surface area contributed by atoms with Crippen molar-refractivity contribution in [3.05, 3.63) is 17.5 Å². The number of carbonyl (C=O) groups is 2. The van der Waals surface area contributed by atoms with Gasteiger partial charge in [-0.3, -0.25) is 9.59 Å². The predicted molar refractivity (Wildman–Crippen MR) is 99.0 cm³/mol. The Labute approximate surface area is 160 Å². The highest BCUT2D eigenvalue weighted by Crippen LogP contribution is 2.19. The number of carbonyl (C=O) groups excluding carboxylic acids is 2. The second-order valence-corrected chi connectivity index (χ2v) is 9.99. The van der Waals surface area contributed by atoms with Crippen LogP contribution < -0.4 is 0 Å². The first-order valence-corrected chi connectivity index (χ1v) is 10.6. The Balaban J connectivity index is 2.09. The van der Waals surface area contributed by atoms with E-state index in [2.05, 4.69) is 9.97 Å². The number of nitrogens with zero attached hydrogens (tertiary/aromatic N) is 3. The van der Waals surface area contributed by atoms with Gasteiger partial charge in [0.2, 0.25) is 15.0 Å². The van der Waals surface area contributed by atoms with Crippen molar-refractivity contribution < 1.29 is 22.7 Å². The number of amides is 1. The van der Waals surface area contributed by atoms with Gasteiger partial charge in [-0.15, -0.1) is 0 Å². The molecule has 1 aliphatic heterocycles. The molecule has 0 N–H and O–H groups in total. The zero-order valence-electron chi connectivity index (χ0n) is 16.5. The van der Waals surface area contributed by atoms with E-state index in [9.17, 15) is 18.0 Å². The van der Waals surface area contributed by atoms with E-state index in [1.807, 2.05) is 13.8 Å². The fraction of sp³-hybridized carbons (Fsp3) is 0.667. The lowest BCUT2D eigenvalue weighted by Gasteiger charge is -2.28. The summed E-state index contributed by atoms with van der Waals surface area (Å²) in [5.74, 6) is -0.749. The fourth-order valence-corrected chi connectivity index (χ4v) is 4.27. The largest absolute Gasteiger partial charge is 0.460 e. The molecule has 2 heterocycles. The SMILES string of the molecule is CC(C)CS(=O)(=O)c1ncc2c(n1)CCN(CCC(=O)OC(C)(C)C)C2=O. The van der Waals surface area contributed by atoms with Gasteiger partial charge in [-0.05, 0) is 26.7 Å². The second-order valence-electron chi connectivity index (χ2n) is 8.07. The molecular weight excluding hydrogens is 370 g/mol. The lowest BCUT2D eigenvalue weighted by Crippen LogP contribution is -2.40. The third-order valence-electron chi connectivity index (χ3n) is 3.82. The molecule has 0 saturated carbocycles. The van der Waals surface area contributed by atoms with Crippen LogP contribution in [0.25, 0.3) is 0 Å². The fourth-order valence-electron chi connectivity index (χ4n) is 2.78. The maximum absolute atomic E-state index is 12.6. The molecule has 1 aromatic heterocycles. The van der Waals surface area contributed by atoms with Crippen LogP contribution in [-0.2, 0) is 25.8 Å². The molecule has 0 fully saturated rings. The van der Waals surface area contributed by atoms with Crippen LogP contribution in [0.4, 0.5) is 0 Å². The summed E-state index contributed by atoms with van der Waals surface area (Å²) in [5.41, 5.74) is 0.154. The van der Waals surface area contributed by atoms with E-state index in [1.54, 1.807) is 20.8 Å². The summed E-state index contributed by atoms with van der Waals surface area (Å²) in [5, 5.41) is -0.232. The highest BCUT2D eigenvalue weighted by atomic mass is 32.2. The molecule has 0 atom stereocenters. The highest BCUT2D eigenvalue weighted by molar-refractivity contribution is 7.91. The molecular formula is C18H27N3O5S. The van der Waals surface area contributed by atoms with Gasteiger partial charge >= 0.3 is 5.97 Å². The van der Waals surface area contributed by atoms with Gasteiger partial charge in [-0.25, -0.2) is 18.4 Å². The summed E-state index contributed by atoms with van der Waals surface area (Å²) >= 11 is 0. The van der Waals surface area contributed by atoms with E-state index in [0.717, 1.165) is 0 Å². The van der Waals surface area contributed by atoms with Crippen LogP contribution in [0.3, 0.4) is 0 Å². The van der Waals surface area contributed by atoms with Gasteiger partial charge in [0, 0.05) is 25.7 Å². The van der Waals surface area contributed by atoms with Crippen molar-refractivity contribution in [1.82, 2.24) is 14.9 Å². The number of sulfone groups is 1. The van der Waals surface area contributed by atoms with Gasteiger partial charge in [0.15, 0.2) is 0 Å². The van der Waals surface area contributed by atoms with E-state index in [4.69, 9.17) is 4.74 Å². The van der Waals surface area contributed by atoms with Gasteiger partial charge < -0.3 is 9.64 Å². The number of esters is 1. The number of aromatic nitrogens is 2. The van der Waals surface area contributed by atoms with Crippen LogP contribution in [0.15, 0.2) is 11.4 Å². The van der Waals surface area contributed by atoms with Gasteiger partial charge in [0.25, 0.3) is 5.91 Å². The number of ether oxygens (including phenoxy) is 1. The topological polar surface area (TPSA) is 107 Å². The molecule has 150 valence electrons. The monoisotopic (exact) mass is 397 g/mol. The molecule has 1 aliphatic rings. The molecule has 2 rings (SSSR count). The Kier molecular flexibility index (Phi) is 6.24. The van der Waals surface area contributed by atoms with Crippen LogP contribution in [-0.4, -0.2) is 59.6 Å². The third-order valence-corrected chi connectivity index (χ3v) is 5.68. The van der Waals surface area contributed by atoms with E-state index in [1.165, 1.54) is 11.1 Å². The molecule has 0 unspecified atom stereocenters. The maximum Gasteiger partial charge on any atom is 0.308 e. The first-order chi connectivity index (χ1) is 12.4. The highest BCUT2D eigenvalue weighted by Gasteiger charge is 2.29. The van der Waals surface area contributed by atoms with Gasteiger partial charge in [0.05, 0.1) is 23.4 Å². The predicted octanol–water partition coefficient (Wildman–Crippen LogP) is 1.64. The summed E-state index contributed by atoms with van der Waals surface area (Å²) < 4.78 is 29.8. The number of rotatable bonds is 6. The summed E-state index contributed by atoms with van der Waals surface area (Å²) in [4.78, 5) is 34.0. The van der Waals surface area contributed by atoms with Crippen LogP contribution in [0.1, 0.15) is 57.1 Å². The summed E-state index contributed by atoms with van der Waals surface area (Å²) in [7, 11) is -3.57. The van der Waals surface area contributed by atoms with E-state index >= 15 is 0 Å². The van der Waals surface area contributed by atoms with Crippen LogP contribution in [0.5, 0.6) is 0 Å². The van der Waals surface area contributed by atoms with Gasteiger partial charge in [-0.2, -0.15) is 0 Å². The average Bonchev–Trinajstić information content (AvgIpc) is 2.51. The average molecular weight is 397 g/mol. The lowest BCUT2D eigenvalue weighted by atomic mass is 10.1. The van der Waals surface area contributed by atoms with Crippen molar-refractivity contribution >= 4 is 21.7 Å². The lowest BCUT2D eigenvalue weighted by molar-refractivity contribution is -0.155. The summed E-state index contributed by atoms with van der Waals surface area (Å²) in [6.45, 7) is 9.58. The van der Waals surface area contributed by atoms with Crippen molar-refractivity contribution in [3.63, 3.8) is 0 Å². The van der Waals surface area contributed by atoms with E-state index < -0.39 is 15.4 Å².